The van der Waals surface area contributed by atoms with Crippen molar-refractivity contribution in [3.8, 4) is 5.75 Å². The number of rotatable bonds is 11. The number of alkyl halides is 4. The lowest BCUT2D eigenvalue weighted by atomic mass is 9.80. The van der Waals surface area contributed by atoms with Crippen LogP contribution in [0.3, 0.4) is 0 Å². The summed E-state index contributed by atoms with van der Waals surface area (Å²) in [6.45, 7) is 4.60. The molecule has 3 aromatic rings. The Morgan fingerprint density at radius 2 is 1.70 bits per heavy atom. The molecule has 40 heavy (non-hydrogen) atoms. The quantitative estimate of drug-likeness (QED) is 0.248. The number of pyridine rings is 1. The molecular formula is C28H27ClF5N3O3. The molecule has 0 unspecified atom stereocenters. The van der Waals surface area contributed by atoms with Crippen molar-refractivity contribution in [1.82, 2.24) is 15.6 Å². The summed E-state index contributed by atoms with van der Waals surface area (Å²) in [6.07, 6.45) is -7.91. The maximum absolute atomic E-state index is 14.9. The Bertz CT molecular complexity index is 1340. The van der Waals surface area contributed by atoms with Crippen LogP contribution in [-0.4, -0.2) is 34.9 Å². The van der Waals surface area contributed by atoms with E-state index in [2.05, 4.69) is 20.4 Å². The SMILES string of the molecule is CC(=O)CC(C)(C)NC(=O)N[C@@](Cc1ccccc1)(c1cc(F)cc(OC(F)(F)C(F)F)c1)c1ccc(Cl)cn1. The summed E-state index contributed by atoms with van der Waals surface area (Å²) in [5.74, 6) is -2.18. The highest BCUT2D eigenvalue weighted by Crippen LogP contribution is 2.37. The fourth-order valence-electron chi connectivity index (χ4n) is 4.32. The zero-order valence-corrected chi connectivity index (χ0v) is 22.5. The van der Waals surface area contributed by atoms with Crippen LogP contribution in [0.25, 0.3) is 0 Å². The van der Waals surface area contributed by atoms with E-state index in [1.54, 1.807) is 44.2 Å². The molecule has 2 N–H and O–H groups in total. The molecule has 0 spiro atoms. The smallest absolute Gasteiger partial charge is 0.428 e. The summed E-state index contributed by atoms with van der Waals surface area (Å²) in [6, 6.07) is 13.1. The number of hydrogen-bond donors (Lipinski definition) is 2. The van der Waals surface area contributed by atoms with Crippen molar-refractivity contribution in [2.75, 3.05) is 0 Å². The summed E-state index contributed by atoms with van der Waals surface area (Å²) in [7, 11) is 0. The minimum absolute atomic E-state index is 0.00797. The van der Waals surface area contributed by atoms with Gasteiger partial charge >= 0.3 is 18.6 Å². The summed E-state index contributed by atoms with van der Waals surface area (Å²) >= 11 is 6.03. The van der Waals surface area contributed by atoms with Gasteiger partial charge < -0.3 is 15.4 Å². The van der Waals surface area contributed by atoms with Gasteiger partial charge in [-0.25, -0.2) is 9.18 Å². The molecule has 0 aliphatic carbocycles. The molecule has 1 heterocycles. The minimum Gasteiger partial charge on any atom is -0.428 e. The first-order valence-electron chi connectivity index (χ1n) is 12.0. The summed E-state index contributed by atoms with van der Waals surface area (Å²) in [4.78, 5) is 29.5. The standard InChI is InChI=1S/C28H27ClF5N3O3/c1-17(38)14-26(2,3)36-25(39)37-27(15-18-7-5-4-6-8-18,23-10-9-20(29)16-35-23)19-11-21(30)13-22(12-19)40-28(33,34)24(31)32/h4-13,16,24H,14-15H2,1-3H3,(H2,36,37,39)/t27-/m0/s1. The predicted molar refractivity (Wildman–Crippen MR) is 139 cm³/mol. The van der Waals surface area contributed by atoms with Gasteiger partial charge in [-0.1, -0.05) is 41.9 Å². The summed E-state index contributed by atoms with van der Waals surface area (Å²) < 4.78 is 72.3. The molecule has 214 valence electrons. The van der Waals surface area contributed by atoms with Crippen LogP contribution in [0.2, 0.25) is 5.02 Å². The second-order valence-electron chi connectivity index (χ2n) is 9.91. The van der Waals surface area contributed by atoms with Crippen molar-refractivity contribution >= 4 is 23.4 Å². The third kappa shape index (κ3) is 7.91. The monoisotopic (exact) mass is 583 g/mol. The Morgan fingerprint density at radius 1 is 1.02 bits per heavy atom. The molecule has 6 nitrogen and oxygen atoms in total. The fourth-order valence-corrected chi connectivity index (χ4v) is 4.43. The van der Waals surface area contributed by atoms with Crippen molar-refractivity contribution in [1.29, 1.82) is 0 Å². The molecule has 0 saturated heterocycles. The van der Waals surface area contributed by atoms with Gasteiger partial charge in [0.2, 0.25) is 0 Å². The van der Waals surface area contributed by atoms with Gasteiger partial charge in [-0.3, -0.25) is 9.78 Å². The Labute approximate surface area is 232 Å². The normalized spacial score (nSPS) is 13.4. The average Bonchev–Trinajstić information content (AvgIpc) is 2.82. The molecular weight excluding hydrogens is 557 g/mol. The van der Waals surface area contributed by atoms with Gasteiger partial charge in [0.05, 0.1) is 10.7 Å². The van der Waals surface area contributed by atoms with Crippen molar-refractivity contribution < 1.29 is 36.3 Å². The molecule has 0 radical (unpaired) electrons. The number of ether oxygens (including phenoxy) is 1. The van der Waals surface area contributed by atoms with Crippen LogP contribution in [0.4, 0.5) is 26.7 Å². The fraction of sp³-hybridized carbons (Fsp3) is 0.321. The van der Waals surface area contributed by atoms with Crippen LogP contribution in [-0.2, 0) is 16.8 Å². The second kappa shape index (κ2) is 12.2. The van der Waals surface area contributed by atoms with E-state index in [0.29, 0.717) is 11.6 Å². The highest BCUT2D eigenvalue weighted by atomic mass is 35.5. The Kier molecular flexibility index (Phi) is 9.40. The van der Waals surface area contributed by atoms with Gasteiger partial charge in [-0.05, 0) is 56.2 Å². The molecule has 2 aromatic carbocycles. The lowest BCUT2D eigenvalue weighted by Crippen LogP contribution is -2.57. The number of nitrogens with one attached hydrogen (secondary N) is 2. The van der Waals surface area contributed by atoms with Crippen molar-refractivity contribution in [2.45, 2.75) is 57.2 Å². The number of benzene rings is 2. The van der Waals surface area contributed by atoms with E-state index in [1.807, 2.05) is 0 Å². The lowest BCUT2D eigenvalue weighted by Gasteiger charge is -2.37. The molecule has 1 aromatic heterocycles. The molecule has 1 atom stereocenters. The first-order valence-corrected chi connectivity index (χ1v) is 12.4. The van der Waals surface area contributed by atoms with Crippen LogP contribution in [0.5, 0.6) is 5.75 Å². The number of urea groups is 1. The number of amides is 2. The topological polar surface area (TPSA) is 80.3 Å². The van der Waals surface area contributed by atoms with Gasteiger partial charge in [-0.15, -0.1) is 0 Å². The largest absolute Gasteiger partial charge is 0.461 e. The van der Waals surface area contributed by atoms with E-state index in [-0.39, 0.29) is 34.9 Å². The molecule has 12 heteroatoms. The highest BCUT2D eigenvalue weighted by molar-refractivity contribution is 6.30. The number of carbonyl (C=O) groups excluding carboxylic acids is 2. The Hall–Kier alpha value is -3.73. The van der Waals surface area contributed by atoms with Crippen LogP contribution >= 0.6 is 11.6 Å². The molecule has 3 rings (SSSR count). The molecule has 0 bridgehead atoms. The molecule has 0 fully saturated rings. The maximum atomic E-state index is 14.9. The van der Waals surface area contributed by atoms with E-state index in [4.69, 9.17) is 11.6 Å². The van der Waals surface area contributed by atoms with Crippen LogP contribution in [0.15, 0.2) is 66.9 Å². The first kappa shape index (κ1) is 30.8. The number of halogens is 6. The third-order valence-electron chi connectivity index (χ3n) is 5.82. The van der Waals surface area contributed by atoms with Crippen LogP contribution < -0.4 is 15.4 Å². The lowest BCUT2D eigenvalue weighted by molar-refractivity contribution is -0.253. The van der Waals surface area contributed by atoms with Gasteiger partial charge in [0.15, 0.2) is 0 Å². The summed E-state index contributed by atoms with van der Waals surface area (Å²) in [5.41, 5.74) is -2.16. The van der Waals surface area contributed by atoms with Crippen LogP contribution in [0.1, 0.15) is 44.0 Å². The van der Waals surface area contributed by atoms with E-state index < -0.39 is 41.2 Å². The number of aromatic nitrogens is 1. The van der Waals surface area contributed by atoms with Crippen LogP contribution in [0, 0.1) is 5.82 Å². The van der Waals surface area contributed by atoms with Crippen molar-refractivity contribution in [2.24, 2.45) is 0 Å². The number of Topliss-reactive ketones (excluding diaryl/α,β-unsaturated/α-hetero) is 1. The van der Waals surface area contributed by atoms with E-state index in [0.717, 1.165) is 12.1 Å². The zero-order valence-electron chi connectivity index (χ0n) is 21.8. The molecule has 0 aliphatic rings. The number of carbonyl (C=O) groups is 2. The van der Waals surface area contributed by atoms with E-state index >= 15 is 0 Å². The number of nitrogens with zero attached hydrogens (tertiary/aromatic N) is 1. The Morgan fingerprint density at radius 3 is 2.27 bits per heavy atom. The third-order valence-corrected chi connectivity index (χ3v) is 6.04. The number of ketones is 1. The van der Waals surface area contributed by atoms with Crippen molar-refractivity contribution in [3.05, 3.63) is 94.5 Å². The van der Waals surface area contributed by atoms with Gasteiger partial charge in [0.25, 0.3) is 0 Å². The molecule has 0 aliphatic heterocycles. The van der Waals surface area contributed by atoms with E-state index in [1.165, 1.54) is 25.3 Å². The number of hydrogen-bond acceptors (Lipinski definition) is 4. The van der Waals surface area contributed by atoms with Crippen molar-refractivity contribution in [3.63, 3.8) is 0 Å². The van der Waals surface area contributed by atoms with Gasteiger partial charge in [0, 0.05) is 30.6 Å². The first-order chi connectivity index (χ1) is 18.6. The minimum atomic E-state index is -4.91. The Balaban J connectivity index is 2.23. The average molecular weight is 584 g/mol. The second-order valence-corrected chi connectivity index (χ2v) is 10.3. The molecule has 2 amide bonds. The predicted octanol–water partition coefficient (Wildman–Crippen LogP) is 6.65. The molecule has 0 saturated carbocycles. The van der Waals surface area contributed by atoms with E-state index in [9.17, 15) is 31.5 Å². The summed E-state index contributed by atoms with van der Waals surface area (Å²) in [5, 5.41) is 5.71. The highest BCUT2D eigenvalue weighted by Gasteiger charge is 2.45. The maximum Gasteiger partial charge on any atom is 0.461 e. The van der Waals surface area contributed by atoms with Gasteiger partial charge in [0.1, 0.15) is 22.9 Å². The van der Waals surface area contributed by atoms with Gasteiger partial charge in [-0.2, -0.15) is 17.6 Å². The zero-order chi connectivity index (χ0) is 29.7.